The molecule has 1 rings (SSSR count). The molecule has 0 aromatic heterocycles. The zero-order valence-corrected chi connectivity index (χ0v) is 9.26. The smallest absolute Gasteiger partial charge is 0.127 e. The second kappa shape index (κ2) is 5.24. The maximum Gasteiger partial charge on any atom is 0.127 e. The number of hydrogen-bond donors (Lipinski definition) is 2. The van der Waals surface area contributed by atoms with Crippen LogP contribution in [0.1, 0.15) is 25.8 Å². The Morgan fingerprint density at radius 1 is 1.40 bits per heavy atom. The molecule has 0 amide bonds. The number of nitrogens with one attached hydrogen (secondary N) is 1. The summed E-state index contributed by atoms with van der Waals surface area (Å²) in [5.41, 5.74) is -0.0879. The van der Waals surface area contributed by atoms with Crippen LogP contribution < -0.4 is 5.32 Å². The Hall–Kier alpha value is -0.930. The van der Waals surface area contributed by atoms with Gasteiger partial charge in [-0.25, -0.2) is 4.39 Å². The molecule has 1 unspecified atom stereocenters. The van der Waals surface area contributed by atoms with Gasteiger partial charge in [0.25, 0.3) is 0 Å². The second-order valence-electron chi connectivity index (χ2n) is 4.05. The molecule has 0 spiro atoms. The average molecular weight is 211 g/mol. The molecule has 0 aliphatic heterocycles. The van der Waals surface area contributed by atoms with Crippen molar-refractivity contribution in [2.45, 2.75) is 32.4 Å². The summed E-state index contributed by atoms with van der Waals surface area (Å²) in [7, 11) is 0. The molecule has 0 radical (unpaired) electrons. The monoisotopic (exact) mass is 211 g/mol. The predicted octanol–water partition coefficient (Wildman–Crippen LogP) is 2.08. The highest BCUT2D eigenvalue weighted by Gasteiger charge is 2.16. The molecular weight excluding hydrogens is 193 g/mol. The van der Waals surface area contributed by atoms with Crippen molar-refractivity contribution >= 4 is 0 Å². The number of rotatable bonds is 5. The first-order chi connectivity index (χ1) is 7.05. The molecule has 1 aromatic rings. The third-order valence-electron chi connectivity index (χ3n) is 2.54. The molecule has 0 bridgehead atoms. The molecule has 1 atom stereocenters. The van der Waals surface area contributed by atoms with Crippen LogP contribution in [0.3, 0.4) is 0 Å². The molecule has 0 fully saturated rings. The first kappa shape index (κ1) is 12.1. The van der Waals surface area contributed by atoms with Gasteiger partial charge in [-0.3, -0.25) is 0 Å². The molecule has 3 heteroatoms. The van der Waals surface area contributed by atoms with Crippen LogP contribution >= 0.6 is 0 Å². The van der Waals surface area contributed by atoms with E-state index in [0.717, 1.165) is 0 Å². The van der Waals surface area contributed by atoms with Crippen molar-refractivity contribution in [3.8, 4) is 0 Å². The van der Waals surface area contributed by atoms with Gasteiger partial charge in [-0.05, 0) is 19.4 Å². The van der Waals surface area contributed by atoms with Crippen molar-refractivity contribution in [3.05, 3.63) is 35.6 Å². The van der Waals surface area contributed by atoms with Crippen LogP contribution in [0.25, 0.3) is 0 Å². The first-order valence-electron chi connectivity index (χ1n) is 5.21. The highest BCUT2D eigenvalue weighted by molar-refractivity contribution is 5.16. The summed E-state index contributed by atoms with van der Waals surface area (Å²) in [5, 5.41) is 12.8. The molecule has 15 heavy (non-hydrogen) atoms. The maximum atomic E-state index is 13.2. The summed E-state index contributed by atoms with van der Waals surface area (Å²) < 4.78 is 13.2. The topological polar surface area (TPSA) is 32.3 Å². The number of aliphatic hydroxyl groups is 1. The van der Waals surface area contributed by atoms with Crippen LogP contribution in [0.5, 0.6) is 0 Å². The lowest BCUT2D eigenvalue weighted by Crippen LogP contribution is -2.36. The fourth-order valence-corrected chi connectivity index (χ4v) is 1.23. The average Bonchev–Trinajstić information content (AvgIpc) is 2.21. The van der Waals surface area contributed by atoms with Crippen LogP contribution in [-0.2, 0) is 6.54 Å². The SMILES string of the molecule is CCC(C)(O)CNCc1ccccc1F. The van der Waals surface area contributed by atoms with E-state index in [1.54, 1.807) is 25.1 Å². The van der Waals surface area contributed by atoms with Gasteiger partial charge < -0.3 is 10.4 Å². The third kappa shape index (κ3) is 3.98. The number of benzene rings is 1. The van der Waals surface area contributed by atoms with Crippen LogP contribution in [0.2, 0.25) is 0 Å². The Balaban J connectivity index is 2.42. The molecular formula is C12H18FNO. The number of halogens is 1. The van der Waals surface area contributed by atoms with E-state index in [2.05, 4.69) is 5.32 Å². The van der Waals surface area contributed by atoms with Gasteiger partial charge in [0.1, 0.15) is 5.82 Å². The summed E-state index contributed by atoms with van der Waals surface area (Å²) >= 11 is 0. The Morgan fingerprint density at radius 3 is 2.67 bits per heavy atom. The molecule has 0 aliphatic carbocycles. The molecule has 2 N–H and O–H groups in total. The molecule has 0 heterocycles. The van der Waals surface area contributed by atoms with E-state index in [9.17, 15) is 9.50 Å². The molecule has 2 nitrogen and oxygen atoms in total. The van der Waals surface area contributed by atoms with Gasteiger partial charge in [0.15, 0.2) is 0 Å². The minimum absolute atomic E-state index is 0.207. The van der Waals surface area contributed by atoms with E-state index in [1.807, 2.05) is 6.92 Å². The largest absolute Gasteiger partial charge is 0.389 e. The summed E-state index contributed by atoms with van der Waals surface area (Å²) in [5.74, 6) is -0.207. The standard InChI is InChI=1S/C12H18FNO/c1-3-12(2,15)9-14-8-10-6-4-5-7-11(10)13/h4-7,14-15H,3,8-9H2,1-2H3. The van der Waals surface area contributed by atoms with Crippen molar-refractivity contribution in [1.29, 1.82) is 0 Å². The van der Waals surface area contributed by atoms with E-state index in [-0.39, 0.29) is 5.82 Å². The lowest BCUT2D eigenvalue weighted by atomic mass is 10.0. The van der Waals surface area contributed by atoms with Crippen LogP contribution in [0.4, 0.5) is 4.39 Å². The first-order valence-corrected chi connectivity index (χ1v) is 5.21. The third-order valence-corrected chi connectivity index (χ3v) is 2.54. The quantitative estimate of drug-likeness (QED) is 0.781. The van der Waals surface area contributed by atoms with Gasteiger partial charge in [-0.15, -0.1) is 0 Å². The van der Waals surface area contributed by atoms with Crippen molar-refractivity contribution in [3.63, 3.8) is 0 Å². The van der Waals surface area contributed by atoms with E-state index < -0.39 is 5.60 Å². The van der Waals surface area contributed by atoms with Crippen LogP contribution in [0.15, 0.2) is 24.3 Å². The second-order valence-corrected chi connectivity index (χ2v) is 4.05. The Kier molecular flexibility index (Phi) is 4.24. The van der Waals surface area contributed by atoms with Gasteiger partial charge in [0.2, 0.25) is 0 Å². The highest BCUT2D eigenvalue weighted by atomic mass is 19.1. The van der Waals surface area contributed by atoms with Crippen molar-refractivity contribution in [1.82, 2.24) is 5.32 Å². The zero-order chi connectivity index (χ0) is 11.3. The molecule has 84 valence electrons. The Labute approximate surface area is 90.1 Å². The minimum Gasteiger partial charge on any atom is -0.389 e. The fourth-order valence-electron chi connectivity index (χ4n) is 1.23. The summed E-state index contributed by atoms with van der Waals surface area (Å²) in [6, 6.07) is 6.65. The lowest BCUT2D eigenvalue weighted by molar-refractivity contribution is 0.0555. The Morgan fingerprint density at radius 2 is 2.07 bits per heavy atom. The van der Waals surface area contributed by atoms with Gasteiger partial charge >= 0.3 is 0 Å². The summed E-state index contributed by atoms with van der Waals surface area (Å²) in [6.07, 6.45) is 0.678. The van der Waals surface area contributed by atoms with Gasteiger partial charge in [0, 0.05) is 18.7 Å². The van der Waals surface area contributed by atoms with Crippen molar-refractivity contribution in [2.24, 2.45) is 0 Å². The van der Waals surface area contributed by atoms with Crippen LogP contribution in [-0.4, -0.2) is 17.3 Å². The van der Waals surface area contributed by atoms with Crippen molar-refractivity contribution < 1.29 is 9.50 Å². The minimum atomic E-state index is -0.717. The number of hydrogen-bond acceptors (Lipinski definition) is 2. The van der Waals surface area contributed by atoms with Crippen molar-refractivity contribution in [2.75, 3.05) is 6.54 Å². The van der Waals surface area contributed by atoms with E-state index in [0.29, 0.717) is 25.1 Å². The zero-order valence-electron chi connectivity index (χ0n) is 9.26. The van der Waals surface area contributed by atoms with E-state index in [4.69, 9.17) is 0 Å². The molecule has 1 aromatic carbocycles. The van der Waals surface area contributed by atoms with Gasteiger partial charge in [-0.1, -0.05) is 25.1 Å². The normalized spacial score (nSPS) is 14.9. The molecule has 0 aliphatic rings. The lowest BCUT2D eigenvalue weighted by Gasteiger charge is -2.21. The fraction of sp³-hybridized carbons (Fsp3) is 0.500. The predicted molar refractivity (Wildman–Crippen MR) is 59.0 cm³/mol. The van der Waals surface area contributed by atoms with E-state index in [1.165, 1.54) is 6.07 Å². The molecule has 0 saturated carbocycles. The summed E-state index contributed by atoms with van der Waals surface area (Å²) in [6.45, 7) is 4.60. The Bertz CT molecular complexity index is 312. The maximum absolute atomic E-state index is 13.2. The highest BCUT2D eigenvalue weighted by Crippen LogP contribution is 2.08. The van der Waals surface area contributed by atoms with Crippen LogP contribution in [0, 0.1) is 5.82 Å². The van der Waals surface area contributed by atoms with E-state index >= 15 is 0 Å². The summed E-state index contributed by atoms with van der Waals surface area (Å²) in [4.78, 5) is 0. The van der Waals surface area contributed by atoms with Gasteiger partial charge in [-0.2, -0.15) is 0 Å². The molecule has 0 saturated heterocycles. The van der Waals surface area contributed by atoms with Gasteiger partial charge in [0.05, 0.1) is 5.60 Å².